The Hall–Kier alpha value is -0.940. The van der Waals surface area contributed by atoms with E-state index in [2.05, 4.69) is 22.1 Å². The van der Waals surface area contributed by atoms with Gasteiger partial charge in [0.25, 0.3) is 0 Å². The number of nitrogens with zero attached hydrogens (tertiary/aromatic N) is 4. The van der Waals surface area contributed by atoms with E-state index in [9.17, 15) is 0 Å². The van der Waals surface area contributed by atoms with Gasteiger partial charge in [0.2, 0.25) is 0 Å². The molecule has 102 valence electrons. The summed E-state index contributed by atoms with van der Waals surface area (Å²) in [6.45, 7) is 5.78. The van der Waals surface area contributed by atoms with E-state index in [0.29, 0.717) is 6.54 Å². The summed E-state index contributed by atoms with van der Waals surface area (Å²) in [5.41, 5.74) is 6.59. The van der Waals surface area contributed by atoms with Crippen LogP contribution < -0.4 is 5.73 Å². The summed E-state index contributed by atoms with van der Waals surface area (Å²) in [6, 6.07) is 0.739. The lowest BCUT2D eigenvalue weighted by molar-refractivity contribution is 0.130. The van der Waals surface area contributed by atoms with E-state index >= 15 is 0 Å². The van der Waals surface area contributed by atoms with Crippen LogP contribution >= 0.6 is 0 Å². The zero-order valence-electron chi connectivity index (χ0n) is 11.4. The van der Waals surface area contributed by atoms with Gasteiger partial charge in [0.1, 0.15) is 0 Å². The molecule has 1 unspecified atom stereocenters. The van der Waals surface area contributed by atoms with Gasteiger partial charge in [-0.25, -0.2) is 0 Å². The Morgan fingerprint density at radius 1 is 1.44 bits per heavy atom. The predicted molar refractivity (Wildman–Crippen MR) is 72.0 cm³/mol. The molecule has 0 saturated carbocycles. The van der Waals surface area contributed by atoms with Crippen molar-refractivity contribution in [2.75, 3.05) is 13.1 Å². The third-order valence-electron chi connectivity index (χ3n) is 3.68. The smallest absolute Gasteiger partial charge is 0.0967 e. The number of nitrogens with two attached hydrogens (primary N) is 1. The maximum atomic E-state index is 5.52. The Morgan fingerprint density at radius 2 is 2.33 bits per heavy atom. The fourth-order valence-electron chi connectivity index (χ4n) is 2.79. The highest BCUT2D eigenvalue weighted by Gasteiger charge is 2.22. The lowest BCUT2D eigenvalue weighted by atomic mass is 9.98. The molecule has 1 saturated heterocycles. The van der Waals surface area contributed by atoms with E-state index < -0.39 is 0 Å². The van der Waals surface area contributed by atoms with Crippen LogP contribution in [-0.4, -0.2) is 39.0 Å². The number of rotatable bonds is 6. The molecule has 0 aliphatic carbocycles. The number of piperidine rings is 1. The fraction of sp³-hybridized carbons (Fsp3) is 0.846. The largest absolute Gasteiger partial charge is 0.329 e. The summed E-state index contributed by atoms with van der Waals surface area (Å²) >= 11 is 0. The first-order chi connectivity index (χ1) is 8.83. The highest BCUT2D eigenvalue weighted by Crippen LogP contribution is 2.22. The minimum absolute atomic E-state index is 0.616. The molecule has 0 spiro atoms. The molecule has 2 rings (SSSR count). The zero-order valence-corrected chi connectivity index (χ0v) is 11.4. The molecule has 0 radical (unpaired) electrons. The fourth-order valence-corrected chi connectivity index (χ4v) is 2.79. The number of aromatic nitrogens is 3. The Bertz CT molecular complexity index is 347. The number of hydrogen-bond donors (Lipinski definition) is 1. The molecule has 5 heteroatoms. The Morgan fingerprint density at radius 3 is 3.11 bits per heavy atom. The van der Waals surface area contributed by atoms with E-state index in [0.717, 1.165) is 24.8 Å². The molecular formula is C13H25N5. The van der Waals surface area contributed by atoms with Crippen molar-refractivity contribution in [3.63, 3.8) is 0 Å². The summed E-state index contributed by atoms with van der Waals surface area (Å²) in [7, 11) is 0. The molecular weight excluding hydrogens is 226 g/mol. The van der Waals surface area contributed by atoms with Crippen molar-refractivity contribution in [1.29, 1.82) is 0 Å². The lowest BCUT2D eigenvalue weighted by Gasteiger charge is -2.35. The van der Waals surface area contributed by atoms with Gasteiger partial charge in [-0.2, -0.15) is 0 Å². The maximum Gasteiger partial charge on any atom is 0.0967 e. The molecule has 1 aliphatic rings. The monoisotopic (exact) mass is 251 g/mol. The van der Waals surface area contributed by atoms with Gasteiger partial charge in [-0.3, -0.25) is 9.58 Å². The highest BCUT2D eigenvalue weighted by atomic mass is 15.4. The van der Waals surface area contributed by atoms with Gasteiger partial charge in [-0.1, -0.05) is 25.0 Å². The van der Waals surface area contributed by atoms with Crippen LogP contribution in [-0.2, 0) is 13.1 Å². The average Bonchev–Trinajstić information content (AvgIpc) is 2.80. The summed E-state index contributed by atoms with van der Waals surface area (Å²) < 4.78 is 1.84. The van der Waals surface area contributed by atoms with Crippen LogP contribution in [0.3, 0.4) is 0 Å². The first kappa shape index (κ1) is 13.5. The molecule has 0 bridgehead atoms. The quantitative estimate of drug-likeness (QED) is 0.830. The lowest BCUT2D eigenvalue weighted by Crippen LogP contribution is -2.38. The molecule has 1 aromatic rings. The normalized spacial score (nSPS) is 21.3. The molecule has 2 heterocycles. The van der Waals surface area contributed by atoms with Gasteiger partial charge >= 0.3 is 0 Å². The van der Waals surface area contributed by atoms with Crippen LogP contribution in [0.15, 0.2) is 6.20 Å². The van der Waals surface area contributed by atoms with Crippen molar-refractivity contribution in [3.8, 4) is 0 Å². The Kier molecular flexibility index (Phi) is 5.13. The molecule has 0 aromatic carbocycles. The van der Waals surface area contributed by atoms with Gasteiger partial charge in [-0.05, 0) is 25.8 Å². The van der Waals surface area contributed by atoms with E-state index in [1.54, 1.807) is 0 Å². The molecule has 5 nitrogen and oxygen atoms in total. The molecule has 0 amide bonds. The van der Waals surface area contributed by atoms with E-state index in [1.807, 2.05) is 10.9 Å². The van der Waals surface area contributed by atoms with Gasteiger partial charge in [-0.15, -0.1) is 5.10 Å². The van der Waals surface area contributed by atoms with Gasteiger partial charge in [0, 0.05) is 25.3 Å². The summed E-state index contributed by atoms with van der Waals surface area (Å²) in [5.74, 6) is 0. The SMILES string of the molecule is CCCC1CCCCN1Cc1cn(CCN)nn1. The second-order valence-corrected chi connectivity index (χ2v) is 5.17. The minimum Gasteiger partial charge on any atom is -0.329 e. The second kappa shape index (κ2) is 6.85. The summed E-state index contributed by atoms with van der Waals surface area (Å²) in [4.78, 5) is 2.57. The van der Waals surface area contributed by atoms with Crippen LogP contribution in [0.5, 0.6) is 0 Å². The maximum absolute atomic E-state index is 5.52. The van der Waals surface area contributed by atoms with Crippen LogP contribution in [0.4, 0.5) is 0 Å². The van der Waals surface area contributed by atoms with Crippen LogP contribution in [0.1, 0.15) is 44.7 Å². The second-order valence-electron chi connectivity index (χ2n) is 5.17. The van der Waals surface area contributed by atoms with E-state index in [4.69, 9.17) is 5.73 Å². The van der Waals surface area contributed by atoms with Crippen molar-refractivity contribution < 1.29 is 0 Å². The molecule has 18 heavy (non-hydrogen) atoms. The van der Waals surface area contributed by atoms with Crippen molar-refractivity contribution in [3.05, 3.63) is 11.9 Å². The standard InChI is InChI=1S/C13H25N5/c1-2-5-13-6-3-4-8-17(13)10-12-11-18(9-7-14)16-15-12/h11,13H,2-10,14H2,1H3. The van der Waals surface area contributed by atoms with Gasteiger partial charge < -0.3 is 5.73 Å². The molecule has 1 atom stereocenters. The van der Waals surface area contributed by atoms with E-state index in [1.165, 1.54) is 38.6 Å². The number of hydrogen-bond acceptors (Lipinski definition) is 4. The van der Waals surface area contributed by atoms with Crippen LogP contribution in [0.25, 0.3) is 0 Å². The topological polar surface area (TPSA) is 60.0 Å². The van der Waals surface area contributed by atoms with Crippen molar-refractivity contribution >= 4 is 0 Å². The van der Waals surface area contributed by atoms with Crippen molar-refractivity contribution in [2.24, 2.45) is 5.73 Å². The molecule has 1 aromatic heterocycles. The molecule has 1 aliphatic heterocycles. The van der Waals surface area contributed by atoms with Crippen LogP contribution in [0, 0.1) is 0 Å². The summed E-state index contributed by atoms with van der Waals surface area (Å²) in [5, 5.41) is 8.34. The first-order valence-corrected chi connectivity index (χ1v) is 7.16. The highest BCUT2D eigenvalue weighted by molar-refractivity contribution is 4.94. The third-order valence-corrected chi connectivity index (χ3v) is 3.68. The average molecular weight is 251 g/mol. The first-order valence-electron chi connectivity index (χ1n) is 7.16. The summed E-state index contributed by atoms with van der Waals surface area (Å²) in [6.07, 6.45) is 8.63. The van der Waals surface area contributed by atoms with Crippen molar-refractivity contribution in [1.82, 2.24) is 19.9 Å². The third kappa shape index (κ3) is 3.53. The Balaban J connectivity index is 1.92. The number of likely N-dealkylation sites (tertiary alicyclic amines) is 1. The van der Waals surface area contributed by atoms with Gasteiger partial charge in [0.05, 0.1) is 12.2 Å². The Labute approximate surface area is 109 Å². The van der Waals surface area contributed by atoms with Crippen LogP contribution in [0.2, 0.25) is 0 Å². The predicted octanol–water partition coefficient (Wildman–Crippen LogP) is 1.39. The van der Waals surface area contributed by atoms with E-state index in [-0.39, 0.29) is 0 Å². The zero-order chi connectivity index (χ0) is 12.8. The van der Waals surface area contributed by atoms with Gasteiger partial charge in [0.15, 0.2) is 0 Å². The minimum atomic E-state index is 0.616. The molecule has 1 fully saturated rings. The molecule has 2 N–H and O–H groups in total. The van der Waals surface area contributed by atoms with Crippen molar-refractivity contribution in [2.45, 2.75) is 58.2 Å².